The highest BCUT2D eigenvalue weighted by Gasteiger charge is 2.50. The van der Waals surface area contributed by atoms with Gasteiger partial charge in [-0.2, -0.15) is 5.10 Å². The molecule has 2 unspecified atom stereocenters. The predicted octanol–water partition coefficient (Wildman–Crippen LogP) is 3.57. The molecule has 1 N–H and O–H groups in total. The van der Waals surface area contributed by atoms with Gasteiger partial charge < -0.3 is 14.8 Å². The van der Waals surface area contributed by atoms with Crippen LogP contribution in [0.4, 0.5) is 5.82 Å². The molecule has 5 heterocycles. The first-order chi connectivity index (χ1) is 15.5. The summed E-state index contributed by atoms with van der Waals surface area (Å²) in [6, 6.07) is 4.46. The first-order valence-electron chi connectivity index (χ1n) is 11.7. The summed E-state index contributed by atoms with van der Waals surface area (Å²) in [5.74, 6) is 2.15. The summed E-state index contributed by atoms with van der Waals surface area (Å²) < 4.78 is 1.91. The lowest BCUT2D eigenvalue weighted by molar-refractivity contribution is -0.136. The van der Waals surface area contributed by atoms with Crippen LogP contribution >= 0.6 is 11.6 Å². The number of nitrogens with zero attached hydrogens (tertiary/aromatic N) is 6. The molecule has 2 atom stereocenters. The average molecular weight is 454 g/mol. The first kappa shape index (κ1) is 20.0. The Balaban J connectivity index is 1.24. The number of carbonyl (C=O) groups is 1. The topological polar surface area (TPSA) is 82.9 Å². The minimum Gasteiger partial charge on any atom is -0.356 e. The number of likely N-dealkylation sites (tertiary alicyclic amines) is 1. The smallest absolute Gasteiger partial charge is 0.227 e. The summed E-state index contributed by atoms with van der Waals surface area (Å²) in [7, 11) is 0. The quantitative estimate of drug-likeness (QED) is 0.652. The Kier molecular flexibility index (Phi) is 4.68. The van der Waals surface area contributed by atoms with Gasteiger partial charge in [-0.1, -0.05) is 11.6 Å². The number of hydrogen-bond acceptors (Lipinski definition) is 5. The molecule has 1 aliphatic carbocycles. The van der Waals surface area contributed by atoms with Crippen LogP contribution in [-0.2, 0) is 10.3 Å². The number of pyridine rings is 1. The van der Waals surface area contributed by atoms with Crippen molar-refractivity contribution in [3.8, 4) is 0 Å². The van der Waals surface area contributed by atoms with Crippen molar-refractivity contribution in [3.05, 3.63) is 35.4 Å². The molecule has 0 aromatic carbocycles. The normalized spacial score (nSPS) is 24.9. The number of aromatic nitrogens is 5. The lowest BCUT2D eigenvalue weighted by Gasteiger charge is -2.35. The van der Waals surface area contributed by atoms with Gasteiger partial charge in [-0.25, -0.2) is 9.97 Å². The summed E-state index contributed by atoms with van der Waals surface area (Å²) in [4.78, 5) is 30.6. The van der Waals surface area contributed by atoms with Crippen LogP contribution in [0, 0.1) is 5.92 Å². The second-order valence-corrected chi connectivity index (χ2v) is 10.0. The largest absolute Gasteiger partial charge is 0.356 e. The number of imidazole rings is 1. The molecule has 1 saturated carbocycles. The zero-order chi connectivity index (χ0) is 21.9. The maximum Gasteiger partial charge on any atom is 0.227 e. The number of nitrogens with one attached hydrogen (secondary N) is 1. The molecule has 8 nitrogen and oxygen atoms in total. The van der Waals surface area contributed by atoms with E-state index in [0.29, 0.717) is 22.6 Å². The Labute approximate surface area is 192 Å². The fourth-order valence-corrected chi connectivity index (χ4v) is 5.52. The highest BCUT2D eigenvalue weighted by molar-refractivity contribution is 6.30. The number of rotatable bonds is 4. The van der Waals surface area contributed by atoms with Crippen LogP contribution < -0.4 is 4.90 Å². The molecule has 3 aromatic rings. The number of aromatic amines is 1. The Bertz CT molecular complexity index is 1170. The standard InChI is InChI=1S/C23H28ClN7O/c1-15-4-2-11-30(15)21(32)16-5-3-10-29(13-16)19-7-6-18-20(27-19)28-22(26-18)23(8-9-23)31-14-17(24)12-25-31/h6-7,12,14-16H,2-5,8-11,13H2,1H3,(H,26,27,28). The number of carbonyl (C=O) groups excluding carboxylic acids is 1. The molecule has 3 aliphatic rings. The highest BCUT2D eigenvalue weighted by atomic mass is 35.5. The third kappa shape index (κ3) is 3.27. The SMILES string of the molecule is CC1CCCN1C(=O)C1CCCN(c2ccc3[nH]c(C4(n5cc(Cl)cn5)CC4)nc3n2)C1. The zero-order valence-electron chi connectivity index (χ0n) is 18.3. The van der Waals surface area contributed by atoms with E-state index in [4.69, 9.17) is 21.6 Å². The Hall–Kier alpha value is -2.61. The van der Waals surface area contributed by atoms with E-state index in [1.165, 1.54) is 0 Å². The minimum absolute atomic E-state index is 0.0517. The molecule has 0 radical (unpaired) electrons. The monoisotopic (exact) mass is 453 g/mol. The fourth-order valence-electron chi connectivity index (χ4n) is 5.39. The van der Waals surface area contributed by atoms with E-state index in [1.54, 1.807) is 6.20 Å². The molecule has 1 amide bonds. The van der Waals surface area contributed by atoms with E-state index in [2.05, 4.69) is 26.8 Å². The van der Waals surface area contributed by atoms with Crippen molar-refractivity contribution >= 4 is 34.5 Å². The zero-order valence-corrected chi connectivity index (χ0v) is 19.1. The van der Waals surface area contributed by atoms with Gasteiger partial charge in [0, 0.05) is 31.9 Å². The lowest BCUT2D eigenvalue weighted by atomic mass is 9.96. The number of hydrogen-bond donors (Lipinski definition) is 1. The lowest BCUT2D eigenvalue weighted by Crippen LogP contribution is -2.46. The minimum atomic E-state index is -0.247. The van der Waals surface area contributed by atoms with Gasteiger partial charge in [-0.15, -0.1) is 0 Å². The third-order valence-electron chi connectivity index (χ3n) is 7.42. The molecule has 2 saturated heterocycles. The fraction of sp³-hybridized carbons (Fsp3) is 0.565. The summed E-state index contributed by atoms with van der Waals surface area (Å²) >= 11 is 6.09. The van der Waals surface area contributed by atoms with E-state index in [-0.39, 0.29) is 11.5 Å². The molecule has 3 fully saturated rings. The van der Waals surface area contributed by atoms with Crippen molar-refractivity contribution in [2.75, 3.05) is 24.5 Å². The van der Waals surface area contributed by atoms with Gasteiger partial charge in [0.05, 0.1) is 22.7 Å². The van der Waals surface area contributed by atoms with Gasteiger partial charge in [0.15, 0.2) is 5.65 Å². The molecule has 0 spiro atoms. The van der Waals surface area contributed by atoms with Crippen molar-refractivity contribution in [2.45, 2.75) is 57.0 Å². The van der Waals surface area contributed by atoms with Crippen molar-refractivity contribution < 1.29 is 4.79 Å². The maximum absolute atomic E-state index is 13.1. The Morgan fingerprint density at radius 3 is 2.75 bits per heavy atom. The van der Waals surface area contributed by atoms with Crippen LogP contribution in [0.25, 0.3) is 11.2 Å². The summed E-state index contributed by atoms with van der Waals surface area (Å²) in [5, 5.41) is 5.04. The Morgan fingerprint density at radius 2 is 2.03 bits per heavy atom. The molecule has 9 heteroatoms. The molecule has 2 aliphatic heterocycles. The molecular formula is C23H28ClN7O. The van der Waals surface area contributed by atoms with Crippen molar-refractivity contribution in [3.63, 3.8) is 0 Å². The van der Waals surface area contributed by atoms with Crippen LogP contribution in [0.3, 0.4) is 0 Å². The van der Waals surface area contributed by atoms with Gasteiger partial charge in [-0.05, 0) is 57.6 Å². The van der Waals surface area contributed by atoms with E-state index >= 15 is 0 Å². The third-order valence-corrected chi connectivity index (χ3v) is 7.61. The second kappa shape index (κ2) is 7.47. The number of fused-ring (bicyclic) bond motifs is 1. The van der Waals surface area contributed by atoms with Gasteiger partial charge in [0.2, 0.25) is 5.91 Å². The molecular weight excluding hydrogens is 426 g/mol. The number of anilines is 1. The van der Waals surface area contributed by atoms with Gasteiger partial charge in [-0.3, -0.25) is 9.48 Å². The van der Waals surface area contributed by atoms with E-state index < -0.39 is 0 Å². The second-order valence-electron chi connectivity index (χ2n) is 9.57. The summed E-state index contributed by atoms with van der Waals surface area (Å²) in [5.41, 5.74) is 1.38. The van der Waals surface area contributed by atoms with Crippen molar-refractivity contribution in [2.24, 2.45) is 5.92 Å². The van der Waals surface area contributed by atoms with Gasteiger partial charge in [0.1, 0.15) is 17.2 Å². The van der Waals surface area contributed by atoms with E-state index in [1.807, 2.05) is 23.0 Å². The molecule has 32 heavy (non-hydrogen) atoms. The van der Waals surface area contributed by atoms with Crippen molar-refractivity contribution in [1.29, 1.82) is 0 Å². The van der Waals surface area contributed by atoms with Crippen LogP contribution in [0.15, 0.2) is 24.5 Å². The molecule has 0 bridgehead atoms. The molecule has 3 aromatic heterocycles. The van der Waals surface area contributed by atoms with Gasteiger partial charge in [0.25, 0.3) is 0 Å². The molecule has 168 valence electrons. The van der Waals surface area contributed by atoms with E-state index in [9.17, 15) is 4.79 Å². The predicted molar refractivity (Wildman–Crippen MR) is 123 cm³/mol. The molecule has 6 rings (SSSR count). The number of piperidine rings is 1. The highest BCUT2D eigenvalue weighted by Crippen LogP contribution is 2.48. The first-order valence-corrected chi connectivity index (χ1v) is 12.0. The average Bonchev–Trinajstić information content (AvgIpc) is 3.12. The maximum atomic E-state index is 13.1. The summed E-state index contributed by atoms with van der Waals surface area (Å²) in [6.45, 7) is 4.72. The van der Waals surface area contributed by atoms with Crippen LogP contribution in [-0.4, -0.2) is 61.2 Å². The number of H-pyrrole nitrogens is 1. The van der Waals surface area contributed by atoms with Crippen molar-refractivity contribution in [1.82, 2.24) is 29.6 Å². The van der Waals surface area contributed by atoms with Crippen LogP contribution in [0.5, 0.6) is 0 Å². The van der Waals surface area contributed by atoms with Gasteiger partial charge >= 0.3 is 0 Å². The summed E-state index contributed by atoms with van der Waals surface area (Å²) in [6.07, 6.45) is 9.67. The Morgan fingerprint density at radius 1 is 1.19 bits per heavy atom. The number of halogens is 1. The van der Waals surface area contributed by atoms with E-state index in [0.717, 1.165) is 75.3 Å². The van der Waals surface area contributed by atoms with Crippen LogP contribution in [0.1, 0.15) is 51.3 Å². The number of amides is 1. The van der Waals surface area contributed by atoms with Crippen LogP contribution in [0.2, 0.25) is 5.02 Å².